The Labute approximate surface area is 153 Å². The first kappa shape index (κ1) is 18.5. The summed E-state index contributed by atoms with van der Waals surface area (Å²) in [4.78, 5) is 24.9. The molecule has 2 N–H and O–H groups in total. The third-order valence-electron chi connectivity index (χ3n) is 5.31. The molecule has 1 aliphatic rings. The average molecular weight is 357 g/mol. The van der Waals surface area contributed by atoms with Crippen molar-refractivity contribution in [2.24, 2.45) is 0 Å². The number of fused-ring (bicyclic) bond motifs is 1. The fourth-order valence-corrected chi connectivity index (χ4v) is 3.90. The molecule has 1 heterocycles. The zero-order valence-electron chi connectivity index (χ0n) is 15.6. The first-order chi connectivity index (χ1) is 12.5. The smallest absolute Gasteiger partial charge is 0.340 e. The van der Waals surface area contributed by atoms with Crippen LogP contribution >= 0.6 is 0 Å². The molecule has 26 heavy (non-hydrogen) atoms. The third-order valence-corrected chi connectivity index (χ3v) is 5.31. The molecule has 1 aromatic heterocycles. The van der Waals surface area contributed by atoms with Gasteiger partial charge in [-0.15, -0.1) is 0 Å². The van der Waals surface area contributed by atoms with Gasteiger partial charge in [-0.25, -0.2) is 4.79 Å². The molecule has 1 aliphatic carbocycles. The van der Waals surface area contributed by atoms with Gasteiger partial charge < -0.3 is 14.8 Å². The molecule has 1 aromatic carbocycles. The lowest BCUT2D eigenvalue weighted by atomic mass is 9.96. The molecule has 0 radical (unpaired) electrons. The quantitative estimate of drug-likeness (QED) is 0.817. The molecule has 1 fully saturated rings. The molecular weight excluding hydrogens is 330 g/mol. The summed E-state index contributed by atoms with van der Waals surface area (Å²) < 4.78 is 5.37. The molecule has 3 rings (SSSR count). The van der Waals surface area contributed by atoms with Gasteiger partial charge in [0.2, 0.25) is 5.91 Å². The largest absolute Gasteiger partial charge is 0.507 e. The van der Waals surface area contributed by atoms with Gasteiger partial charge in [0, 0.05) is 6.04 Å². The molecule has 0 atom stereocenters. The van der Waals surface area contributed by atoms with Gasteiger partial charge in [0.15, 0.2) is 0 Å². The normalized spacial score (nSPS) is 16.2. The lowest BCUT2D eigenvalue weighted by Crippen LogP contribution is -2.37. The number of carbonyl (C=O) groups is 1. The van der Waals surface area contributed by atoms with Crippen LogP contribution in [0.2, 0.25) is 0 Å². The number of phenolic OH excluding ortho intramolecular Hbond substituents is 1. The van der Waals surface area contributed by atoms with Gasteiger partial charge >= 0.3 is 5.63 Å². The Hall–Kier alpha value is -2.30. The Morgan fingerprint density at radius 1 is 1.15 bits per heavy atom. The van der Waals surface area contributed by atoms with Crippen molar-refractivity contribution in [3.63, 3.8) is 0 Å². The number of carbonyl (C=O) groups excluding carboxylic acids is 1. The van der Waals surface area contributed by atoms with Gasteiger partial charge in [0.25, 0.3) is 0 Å². The Bertz CT molecular complexity index is 860. The maximum absolute atomic E-state index is 12.5. The molecule has 0 aliphatic heterocycles. The van der Waals surface area contributed by atoms with E-state index in [4.69, 9.17) is 4.42 Å². The van der Waals surface area contributed by atoms with E-state index < -0.39 is 5.63 Å². The van der Waals surface area contributed by atoms with E-state index in [2.05, 4.69) is 5.32 Å². The predicted octanol–water partition coefficient (Wildman–Crippen LogP) is 3.89. The van der Waals surface area contributed by atoms with Crippen LogP contribution in [0.3, 0.4) is 0 Å². The van der Waals surface area contributed by atoms with Crippen molar-refractivity contribution >= 4 is 16.9 Å². The monoisotopic (exact) mass is 357 g/mol. The molecule has 1 saturated carbocycles. The summed E-state index contributed by atoms with van der Waals surface area (Å²) in [5.74, 6) is -0.0835. The summed E-state index contributed by atoms with van der Waals surface area (Å²) in [5, 5.41) is 13.8. The third kappa shape index (κ3) is 4.09. The number of hydrogen-bond donors (Lipinski definition) is 2. The zero-order chi connectivity index (χ0) is 18.7. The van der Waals surface area contributed by atoms with Crippen molar-refractivity contribution < 1.29 is 14.3 Å². The number of nitrogens with one attached hydrogen (secondary N) is 1. The SMILES string of the molecule is Cc1cc(O)c2c(C)c(CC(=O)NC3CCCCCCC3)c(=O)oc2c1. The van der Waals surface area contributed by atoms with Crippen LogP contribution < -0.4 is 10.9 Å². The summed E-state index contributed by atoms with van der Waals surface area (Å²) in [5.41, 5.74) is 1.59. The highest BCUT2D eigenvalue weighted by Gasteiger charge is 2.19. The van der Waals surface area contributed by atoms with Crippen molar-refractivity contribution in [2.75, 3.05) is 0 Å². The zero-order valence-corrected chi connectivity index (χ0v) is 15.6. The van der Waals surface area contributed by atoms with Crippen molar-refractivity contribution in [2.45, 2.75) is 71.3 Å². The van der Waals surface area contributed by atoms with E-state index in [-0.39, 0.29) is 24.1 Å². The second-order valence-corrected chi connectivity index (χ2v) is 7.44. The second-order valence-electron chi connectivity index (χ2n) is 7.44. The second kappa shape index (κ2) is 7.94. The van der Waals surface area contributed by atoms with Crippen LogP contribution in [0.1, 0.15) is 61.6 Å². The van der Waals surface area contributed by atoms with Gasteiger partial charge in [-0.1, -0.05) is 32.1 Å². The summed E-state index contributed by atoms with van der Waals surface area (Å²) in [6.45, 7) is 3.58. The van der Waals surface area contributed by atoms with Gasteiger partial charge in [0.05, 0.1) is 17.4 Å². The Morgan fingerprint density at radius 2 is 1.81 bits per heavy atom. The molecule has 0 saturated heterocycles. The number of phenols is 1. The Morgan fingerprint density at radius 3 is 2.50 bits per heavy atom. The van der Waals surface area contributed by atoms with Crippen LogP contribution in [0.4, 0.5) is 0 Å². The number of aromatic hydroxyl groups is 1. The van der Waals surface area contributed by atoms with Crippen LogP contribution in [0.15, 0.2) is 21.3 Å². The van der Waals surface area contributed by atoms with E-state index in [1.807, 2.05) is 6.92 Å². The molecule has 5 heteroatoms. The molecule has 0 spiro atoms. The highest BCUT2D eigenvalue weighted by molar-refractivity contribution is 5.89. The minimum Gasteiger partial charge on any atom is -0.507 e. The lowest BCUT2D eigenvalue weighted by molar-refractivity contribution is -0.121. The minimum atomic E-state index is -0.507. The fourth-order valence-electron chi connectivity index (χ4n) is 3.90. The van der Waals surface area contributed by atoms with E-state index in [9.17, 15) is 14.7 Å². The molecule has 1 amide bonds. The first-order valence-corrected chi connectivity index (χ1v) is 9.51. The van der Waals surface area contributed by atoms with Crippen molar-refractivity contribution in [3.8, 4) is 5.75 Å². The van der Waals surface area contributed by atoms with E-state index >= 15 is 0 Å². The number of benzene rings is 1. The molecule has 0 unspecified atom stereocenters. The van der Waals surface area contributed by atoms with Gasteiger partial charge in [-0.2, -0.15) is 0 Å². The topological polar surface area (TPSA) is 79.5 Å². The minimum absolute atomic E-state index is 0.0199. The predicted molar refractivity (Wildman–Crippen MR) is 102 cm³/mol. The summed E-state index contributed by atoms with van der Waals surface area (Å²) >= 11 is 0. The van der Waals surface area contributed by atoms with Crippen molar-refractivity contribution in [1.82, 2.24) is 5.32 Å². The molecular formula is C21H27NO4. The standard InChI is InChI=1S/C21H27NO4/c1-13-10-17(23)20-14(2)16(21(25)26-18(20)11-13)12-19(24)22-15-8-6-4-3-5-7-9-15/h10-11,15,23H,3-9,12H2,1-2H3,(H,22,24). The summed E-state index contributed by atoms with van der Waals surface area (Å²) in [6, 6.07) is 3.54. The van der Waals surface area contributed by atoms with Gasteiger partial charge in [-0.05, 0) is 49.9 Å². The highest BCUT2D eigenvalue weighted by Crippen LogP contribution is 2.30. The van der Waals surface area contributed by atoms with Crippen molar-refractivity contribution in [3.05, 3.63) is 39.2 Å². The number of rotatable bonds is 3. The maximum Gasteiger partial charge on any atom is 0.340 e. The average Bonchev–Trinajstić information content (AvgIpc) is 2.53. The van der Waals surface area contributed by atoms with Crippen LogP contribution in [-0.4, -0.2) is 17.1 Å². The van der Waals surface area contributed by atoms with Gasteiger partial charge in [0.1, 0.15) is 11.3 Å². The van der Waals surface area contributed by atoms with E-state index in [0.717, 1.165) is 31.2 Å². The van der Waals surface area contributed by atoms with Crippen molar-refractivity contribution in [1.29, 1.82) is 0 Å². The molecule has 5 nitrogen and oxygen atoms in total. The number of amides is 1. The van der Waals surface area contributed by atoms with Crippen LogP contribution in [0, 0.1) is 13.8 Å². The maximum atomic E-state index is 12.5. The van der Waals surface area contributed by atoms with Crippen LogP contribution in [-0.2, 0) is 11.2 Å². The lowest BCUT2D eigenvalue weighted by Gasteiger charge is -2.21. The fraction of sp³-hybridized carbons (Fsp3) is 0.524. The van der Waals surface area contributed by atoms with Gasteiger partial charge in [-0.3, -0.25) is 4.79 Å². The molecule has 140 valence electrons. The van der Waals surface area contributed by atoms with E-state index in [0.29, 0.717) is 22.1 Å². The number of hydrogen-bond acceptors (Lipinski definition) is 4. The number of aryl methyl sites for hydroxylation is 2. The summed E-state index contributed by atoms with van der Waals surface area (Å²) in [7, 11) is 0. The van der Waals surface area contributed by atoms with E-state index in [1.54, 1.807) is 19.1 Å². The van der Waals surface area contributed by atoms with E-state index in [1.165, 1.54) is 19.3 Å². The Kier molecular flexibility index (Phi) is 5.64. The Balaban J connectivity index is 1.81. The van der Waals surface area contributed by atoms with Crippen LogP contribution in [0.25, 0.3) is 11.0 Å². The molecule has 2 aromatic rings. The highest BCUT2D eigenvalue weighted by atomic mass is 16.4. The molecule has 0 bridgehead atoms. The van der Waals surface area contributed by atoms with Crippen LogP contribution in [0.5, 0.6) is 5.75 Å². The summed E-state index contributed by atoms with van der Waals surface area (Å²) in [6.07, 6.45) is 7.96. The first-order valence-electron chi connectivity index (χ1n) is 9.51.